The van der Waals surface area contributed by atoms with Crippen molar-refractivity contribution in [1.82, 2.24) is 4.31 Å². The highest BCUT2D eigenvalue weighted by molar-refractivity contribution is 7.90. The Balaban J connectivity index is 2.59. The molecule has 0 spiro atoms. The van der Waals surface area contributed by atoms with Crippen molar-refractivity contribution in [1.29, 1.82) is 0 Å². The number of anilines is 1. The van der Waals surface area contributed by atoms with Crippen LogP contribution in [0.4, 0.5) is 5.69 Å². The number of fused-ring (bicyclic) bond motifs is 1. The van der Waals surface area contributed by atoms with Crippen LogP contribution in [0.25, 0.3) is 0 Å². The molecule has 2 N–H and O–H groups in total. The van der Waals surface area contributed by atoms with Gasteiger partial charge in [-0.3, -0.25) is 9.10 Å². The largest absolute Gasteiger partial charge is 0.366 e. The summed E-state index contributed by atoms with van der Waals surface area (Å²) in [7, 11) is -3.61. The van der Waals surface area contributed by atoms with Gasteiger partial charge in [-0.05, 0) is 37.6 Å². The smallest absolute Gasteiger partial charge is 0.304 e. The maximum Gasteiger partial charge on any atom is 0.304 e. The first-order valence-electron chi connectivity index (χ1n) is 6.57. The summed E-state index contributed by atoms with van der Waals surface area (Å²) in [5.41, 5.74) is 6.95. The van der Waals surface area contributed by atoms with Gasteiger partial charge in [-0.25, -0.2) is 0 Å². The van der Waals surface area contributed by atoms with E-state index in [1.165, 1.54) is 14.7 Å². The summed E-state index contributed by atoms with van der Waals surface area (Å²) < 4.78 is 27.9. The SMILES string of the molecule is CC(C)N1Cc2cc(C(N)=O)ccc2N(CCCl)S1(=O)=O. The van der Waals surface area contributed by atoms with Gasteiger partial charge in [-0.15, -0.1) is 11.6 Å². The van der Waals surface area contributed by atoms with E-state index in [1.807, 2.05) is 0 Å². The molecule has 1 aromatic carbocycles. The van der Waals surface area contributed by atoms with Gasteiger partial charge in [-0.1, -0.05) is 0 Å². The number of alkyl halides is 1. The number of carbonyl (C=O) groups excluding carboxylic acids is 1. The molecular formula is C13H18ClN3O3S. The Hall–Kier alpha value is -1.31. The van der Waals surface area contributed by atoms with Crippen LogP contribution in [0.5, 0.6) is 0 Å². The fourth-order valence-electron chi connectivity index (χ4n) is 2.37. The molecule has 0 radical (unpaired) electrons. The Bertz CT molecular complexity index is 661. The molecule has 1 aromatic rings. The molecule has 8 heteroatoms. The highest BCUT2D eigenvalue weighted by atomic mass is 35.5. The Kier molecular flexibility index (Phi) is 4.46. The molecule has 116 valence electrons. The minimum atomic E-state index is -3.61. The van der Waals surface area contributed by atoms with Crippen molar-refractivity contribution in [2.24, 2.45) is 5.73 Å². The molecular weight excluding hydrogens is 314 g/mol. The molecule has 1 heterocycles. The number of rotatable bonds is 4. The number of nitrogens with zero attached hydrogens (tertiary/aromatic N) is 2. The lowest BCUT2D eigenvalue weighted by atomic mass is 10.1. The van der Waals surface area contributed by atoms with Crippen molar-refractivity contribution in [2.75, 3.05) is 16.7 Å². The lowest BCUT2D eigenvalue weighted by Gasteiger charge is -2.39. The van der Waals surface area contributed by atoms with Crippen molar-refractivity contribution in [2.45, 2.75) is 26.4 Å². The second-order valence-electron chi connectivity index (χ2n) is 5.12. The quantitative estimate of drug-likeness (QED) is 0.844. The summed E-state index contributed by atoms with van der Waals surface area (Å²) in [6.45, 7) is 4.00. The summed E-state index contributed by atoms with van der Waals surface area (Å²) in [5.74, 6) is -0.353. The zero-order chi connectivity index (χ0) is 15.8. The molecule has 2 rings (SSSR count). The van der Waals surface area contributed by atoms with Gasteiger partial charge in [0.2, 0.25) is 5.91 Å². The fraction of sp³-hybridized carbons (Fsp3) is 0.462. The zero-order valence-electron chi connectivity index (χ0n) is 11.9. The van der Waals surface area contributed by atoms with Crippen LogP contribution >= 0.6 is 11.6 Å². The zero-order valence-corrected chi connectivity index (χ0v) is 13.5. The summed E-state index contributed by atoms with van der Waals surface area (Å²) in [6, 6.07) is 4.58. The Labute approximate surface area is 129 Å². The van der Waals surface area contributed by atoms with Crippen LogP contribution in [-0.2, 0) is 16.8 Å². The first kappa shape index (κ1) is 16.1. The van der Waals surface area contributed by atoms with Gasteiger partial charge in [0.1, 0.15) is 0 Å². The minimum Gasteiger partial charge on any atom is -0.366 e. The van der Waals surface area contributed by atoms with Crippen molar-refractivity contribution in [3.05, 3.63) is 29.3 Å². The van der Waals surface area contributed by atoms with Gasteiger partial charge in [0, 0.05) is 30.6 Å². The van der Waals surface area contributed by atoms with Crippen LogP contribution in [0, 0.1) is 0 Å². The monoisotopic (exact) mass is 331 g/mol. The number of carbonyl (C=O) groups is 1. The van der Waals surface area contributed by atoms with E-state index in [-0.39, 0.29) is 25.0 Å². The predicted molar refractivity (Wildman–Crippen MR) is 82.6 cm³/mol. The highest BCUT2D eigenvalue weighted by Crippen LogP contribution is 2.34. The third kappa shape index (κ3) is 2.86. The van der Waals surface area contributed by atoms with Crippen LogP contribution < -0.4 is 10.0 Å². The lowest BCUT2D eigenvalue weighted by molar-refractivity contribution is 0.1000. The van der Waals surface area contributed by atoms with Gasteiger partial charge < -0.3 is 5.73 Å². The number of amides is 1. The molecule has 0 atom stereocenters. The first-order chi connectivity index (χ1) is 9.78. The normalized spacial score (nSPS) is 17.8. The second-order valence-corrected chi connectivity index (χ2v) is 7.30. The van der Waals surface area contributed by atoms with Crippen LogP contribution in [0.15, 0.2) is 18.2 Å². The Morgan fingerprint density at radius 3 is 2.62 bits per heavy atom. The van der Waals surface area contributed by atoms with Gasteiger partial charge in [0.05, 0.1) is 5.69 Å². The summed E-state index contributed by atoms with van der Waals surface area (Å²) in [4.78, 5) is 11.3. The molecule has 0 fully saturated rings. The maximum atomic E-state index is 12.6. The number of halogens is 1. The highest BCUT2D eigenvalue weighted by Gasteiger charge is 2.37. The van der Waals surface area contributed by atoms with Gasteiger partial charge in [0.15, 0.2) is 0 Å². The molecule has 1 aliphatic heterocycles. The van der Waals surface area contributed by atoms with Crippen molar-refractivity contribution in [3.63, 3.8) is 0 Å². The maximum absolute atomic E-state index is 12.6. The van der Waals surface area contributed by atoms with E-state index < -0.39 is 16.1 Å². The predicted octanol–water partition coefficient (Wildman–Crippen LogP) is 1.30. The number of primary amides is 1. The number of hydrogen-bond donors (Lipinski definition) is 1. The molecule has 0 aromatic heterocycles. The van der Waals surface area contributed by atoms with Crippen molar-refractivity contribution in [3.8, 4) is 0 Å². The Morgan fingerprint density at radius 1 is 1.43 bits per heavy atom. The third-order valence-corrected chi connectivity index (χ3v) is 5.65. The average molecular weight is 332 g/mol. The number of hydrogen-bond acceptors (Lipinski definition) is 3. The van der Waals surface area contributed by atoms with Crippen LogP contribution in [-0.4, -0.2) is 37.1 Å². The number of benzene rings is 1. The van der Waals surface area contributed by atoms with Crippen LogP contribution in [0.1, 0.15) is 29.8 Å². The summed E-state index contributed by atoms with van der Waals surface area (Å²) in [5, 5.41) is 0. The molecule has 0 saturated carbocycles. The van der Waals surface area contributed by atoms with E-state index in [0.29, 0.717) is 11.3 Å². The van der Waals surface area contributed by atoms with Crippen molar-refractivity contribution >= 4 is 33.4 Å². The Morgan fingerprint density at radius 2 is 2.10 bits per heavy atom. The molecule has 0 aliphatic carbocycles. The standard InChI is InChI=1S/C13H18ClN3O3S/c1-9(2)17-8-11-7-10(13(15)18)3-4-12(11)16(6-5-14)21(17,19)20/h3-4,7,9H,5-6,8H2,1-2H3,(H2,15,18). The summed E-state index contributed by atoms with van der Waals surface area (Å²) in [6.07, 6.45) is 0. The molecule has 0 saturated heterocycles. The van der Waals surface area contributed by atoms with E-state index in [9.17, 15) is 13.2 Å². The fourth-order valence-corrected chi connectivity index (χ4v) is 4.48. The van der Waals surface area contributed by atoms with Gasteiger partial charge >= 0.3 is 10.2 Å². The molecule has 1 aliphatic rings. The molecule has 6 nitrogen and oxygen atoms in total. The van der Waals surface area contributed by atoms with Crippen LogP contribution in [0.3, 0.4) is 0 Å². The first-order valence-corrected chi connectivity index (χ1v) is 8.50. The molecule has 1 amide bonds. The second kappa shape index (κ2) is 5.82. The van der Waals surface area contributed by atoms with Gasteiger partial charge in [-0.2, -0.15) is 12.7 Å². The molecule has 21 heavy (non-hydrogen) atoms. The van der Waals surface area contributed by atoms with Crippen molar-refractivity contribution < 1.29 is 13.2 Å². The van der Waals surface area contributed by atoms with E-state index in [4.69, 9.17) is 17.3 Å². The molecule has 0 bridgehead atoms. The van der Waals surface area contributed by atoms with E-state index in [2.05, 4.69) is 0 Å². The van der Waals surface area contributed by atoms with Crippen LogP contribution in [0.2, 0.25) is 0 Å². The van der Waals surface area contributed by atoms with E-state index >= 15 is 0 Å². The minimum absolute atomic E-state index is 0.177. The van der Waals surface area contributed by atoms with Gasteiger partial charge in [0.25, 0.3) is 0 Å². The number of nitrogens with two attached hydrogens (primary N) is 1. The molecule has 0 unspecified atom stereocenters. The topological polar surface area (TPSA) is 83.7 Å². The average Bonchev–Trinajstić information content (AvgIpc) is 2.40. The van der Waals surface area contributed by atoms with E-state index in [1.54, 1.807) is 26.0 Å². The summed E-state index contributed by atoms with van der Waals surface area (Å²) >= 11 is 5.74. The third-order valence-electron chi connectivity index (χ3n) is 3.40. The van der Waals surface area contributed by atoms with E-state index in [0.717, 1.165) is 5.56 Å². The lowest BCUT2D eigenvalue weighted by Crippen LogP contribution is -2.50.